The molecular formula is C17H13Br2N3O2. The SMILES string of the molecule is N#Cc1ccccc1C[C@H](NC(=O)c1cc(Br)cc(Br)c1)C(N)=O. The van der Waals surface area contributed by atoms with Crippen LogP contribution in [0.2, 0.25) is 0 Å². The third-order valence-corrected chi connectivity index (χ3v) is 4.25. The van der Waals surface area contributed by atoms with Crippen molar-refractivity contribution < 1.29 is 9.59 Å². The van der Waals surface area contributed by atoms with Crippen molar-refractivity contribution >= 4 is 43.7 Å². The van der Waals surface area contributed by atoms with Crippen molar-refractivity contribution in [1.29, 1.82) is 5.26 Å². The minimum absolute atomic E-state index is 0.153. The Morgan fingerprint density at radius 1 is 1.17 bits per heavy atom. The summed E-state index contributed by atoms with van der Waals surface area (Å²) in [5.74, 6) is -1.08. The van der Waals surface area contributed by atoms with E-state index in [1.807, 2.05) is 0 Å². The van der Waals surface area contributed by atoms with Gasteiger partial charge in [0, 0.05) is 20.9 Å². The molecule has 0 aliphatic rings. The van der Waals surface area contributed by atoms with Crippen LogP contribution in [0.3, 0.4) is 0 Å². The Kier molecular flexibility index (Phi) is 6.12. The summed E-state index contributed by atoms with van der Waals surface area (Å²) in [7, 11) is 0. The molecule has 2 aromatic rings. The average Bonchev–Trinajstić information content (AvgIpc) is 2.53. The highest BCUT2D eigenvalue weighted by atomic mass is 79.9. The molecule has 0 unspecified atom stereocenters. The van der Waals surface area contributed by atoms with E-state index in [4.69, 9.17) is 11.0 Å². The van der Waals surface area contributed by atoms with Crippen molar-refractivity contribution in [3.63, 3.8) is 0 Å². The molecule has 2 rings (SSSR count). The summed E-state index contributed by atoms with van der Waals surface area (Å²) in [6, 6.07) is 13.1. The number of primary amides is 1. The Labute approximate surface area is 156 Å². The second-order valence-electron chi connectivity index (χ2n) is 5.06. The smallest absolute Gasteiger partial charge is 0.252 e. The van der Waals surface area contributed by atoms with E-state index in [0.717, 1.165) is 8.95 Å². The summed E-state index contributed by atoms with van der Waals surface area (Å²) in [6.45, 7) is 0. The number of halogens is 2. The minimum atomic E-state index is -0.912. The number of benzene rings is 2. The number of rotatable bonds is 5. The molecule has 0 spiro atoms. The van der Waals surface area contributed by atoms with Gasteiger partial charge in [0.2, 0.25) is 5.91 Å². The summed E-state index contributed by atoms with van der Waals surface area (Å²) in [4.78, 5) is 24.1. The third-order valence-electron chi connectivity index (χ3n) is 3.34. The number of carbonyl (C=O) groups excluding carboxylic acids is 2. The Morgan fingerprint density at radius 3 is 2.38 bits per heavy atom. The van der Waals surface area contributed by atoms with E-state index in [1.165, 1.54) is 0 Å². The standard InChI is InChI=1S/C17H13Br2N3O2/c18-13-5-12(6-14(19)8-13)17(24)22-15(16(21)23)7-10-3-1-2-4-11(10)9-20/h1-6,8,15H,7H2,(H2,21,23)(H,22,24)/t15-/m0/s1. The molecule has 0 aliphatic carbocycles. The van der Waals surface area contributed by atoms with E-state index in [9.17, 15) is 9.59 Å². The zero-order valence-electron chi connectivity index (χ0n) is 12.4. The molecule has 0 heterocycles. The molecule has 0 aliphatic heterocycles. The maximum Gasteiger partial charge on any atom is 0.252 e. The lowest BCUT2D eigenvalue weighted by Gasteiger charge is -2.16. The maximum atomic E-state index is 12.4. The molecule has 5 nitrogen and oxygen atoms in total. The molecule has 0 saturated carbocycles. The molecule has 3 N–H and O–H groups in total. The first-order valence-corrected chi connectivity index (χ1v) is 8.53. The summed E-state index contributed by atoms with van der Waals surface area (Å²) in [5, 5.41) is 11.7. The van der Waals surface area contributed by atoms with Crippen LogP contribution in [0.15, 0.2) is 51.4 Å². The van der Waals surface area contributed by atoms with Crippen LogP contribution >= 0.6 is 31.9 Å². The number of carbonyl (C=O) groups is 2. The number of nitrogens with zero attached hydrogens (tertiary/aromatic N) is 1. The summed E-state index contributed by atoms with van der Waals surface area (Å²) in [5.41, 5.74) is 6.89. The molecule has 0 aromatic heterocycles. The number of nitriles is 1. The first-order chi connectivity index (χ1) is 11.4. The Bertz CT molecular complexity index is 811. The quantitative estimate of drug-likeness (QED) is 0.732. The minimum Gasteiger partial charge on any atom is -0.368 e. The van der Waals surface area contributed by atoms with Gasteiger partial charge < -0.3 is 11.1 Å². The average molecular weight is 451 g/mol. The predicted molar refractivity (Wildman–Crippen MR) is 97.2 cm³/mol. The first kappa shape index (κ1) is 18.2. The van der Waals surface area contributed by atoms with Crippen molar-refractivity contribution in [2.45, 2.75) is 12.5 Å². The topological polar surface area (TPSA) is 96.0 Å². The lowest BCUT2D eigenvalue weighted by Crippen LogP contribution is -2.46. The Hall–Kier alpha value is -2.17. The van der Waals surface area contributed by atoms with Crippen LogP contribution < -0.4 is 11.1 Å². The zero-order valence-corrected chi connectivity index (χ0v) is 15.6. The molecule has 0 fully saturated rings. The zero-order chi connectivity index (χ0) is 17.7. The van der Waals surface area contributed by atoms with Crippen LogP contribution in [0.4, 0.5) is 0 Å². The van der Waals surface area contributed by atoms with E-state index in [-0.39, 0.29) is 6.42 Å². The van der Waals surface area contributed by atoms with Gasteiger partial charge in [-0.05, 0) is 29.8 Å². The fourth-order valence-corrected chi connectivity index (χ4v) is 3.47. The highest BCUT2D eigenvalue weighted by molar-refractivity contribution is 9.11. The van der Waals surface area contributed by atoms with Crippen LogP contribution in [0.1, 0.15) is 21.5 Å². The number of hydrogen-bond acceptors (Lipinski definition) is 3. The van der Waals surface area contributed by atoms with E-state index < -0.39 is 17.9 Å². The molecule has 24 heavy (non-hydrogen) atoms. The Morgan fingerprint density at radius 2 is 1.79 bits per heavy atom. The highest BCUT2D eigenvalue weighted by Gasteiger charge is 2.21. The van der Waals surface area contributed by atoms with Crippen LogP contribution in [0, 0.1) is 11.3 Å². The number of nitrogens with two attached hydrogens (primary N) is 1. The fraction of sp³-hybridized carbons (Fsp3) is 0.118. The molecule has 2 aromatic carbocycles. The second kappa shape index (κ2) is 8.08. The number of nitrogens with one attached hydrogen (secondary N) is 1. The van der Waals surface area contributed by atoms with Gasteiger partial charge in [-0.2, -0.15) is 5.26 Å². The van der Waals surface area contributed by atoms with Crippen molar-refractivity contribution in [2.75, 3.05) is 0 Å². The van der Waals surface area contributed by atoms with Crippen molar-refractivity contribution in [2.24, 2.45) is 5.73 Å². The van der Waals surface area contributed by atoms with Crippen molar-refractivity contribution in [1.82, 2.24) is 5.32 Å². The lowest BCUT2D eigenvalue weighted by molar-refractivity contribution is -0.119. The highest BCUT2D eigenvalue weighted by Crippen LogP contribution is 2.20. The molecule has 7 heteroatoms. The van der Waals surface area contributed by atoms with Gasteiger partial charge in [-0.25, -0.2) is 0 Å². The van der Waals surface area contributed by atoms with E-state index in [2.05, 4.69) is 43.2 Å². The van der Waals surface area contributed by atoms with Crippen LogP contribution in [-0.2, 0) is 11.2 Å². The summed E-state index contributed by atoms with van der Waals surface area (Å²) in [6.07, 6.45) is 0.153. The van der Waals surface area contributed by atoms with Gasteiger partial charge in [-0.15, -0.1) is 0 Å². The van der Waals surface area contributed by atoms with Gasteiger partial charge in [0.25, 0.3) is 5.91 Å². The third kappa shape index (κ3) is 4.66. The van der Waals surface area contributed by atoms with Crippen molar-refractivity contribution in [3.8, 4) is 6.07 Å². The van der Waals surface area contributed by atoms with Crippen LogP contribution in [-0.4, -0.2) is 17.9 Å². The molecule has 0 radical (unpaired) electrons. The normalized spacial score (nSPS) is 11.4. The van der Waals surface area contributed by atoms with Gasteiger partial charge in [-0.3, -0.25) is 9.59 Å². The van der Waals surface area contributed by atoms with Crippen LogP contribution in [0.25, 0.3) is 0 Å². The first-order valence-electron chi connectivity index (χ1n) is 6.95. The molecule has 2 amide bonds. The Balaban J connectivity index is 2.21. The summed E-state index contributed by atoms with van der Waals surface area (Å²) < 4.78 is 1.46. The van der Waals surface area contributed by atoms with E-state index >= 15 is 0 Å². The molecule has 1 atom stereocenters. The van der Waals surface area contributed by atoms with Crippen molar-refractivity contribution in [3.05, 3.63) is 68.1 Å². The number of amides is 2. The second-order valence-corrected chi connectivity index (χ2v) is 6.89. The maximum absolute atomic E-state index is 12.4. The molecule has 0 saturated heterocycles. The number of hydrogen-bond donors (Lipinski definition) is 2. The van der Waals surface area contributed by atoms with Crippen LogP contribution in [0.5, 0.6) is 0 Å². The largest absolute Gasteiger partial charge is 0.368 e. The van der Waals surface area contributed by atoms with E-state index in [0.29, 0.717) is 16.7 Å². The van der Waals surface area contributed by atoms with Gasteiger partial charge in [-0.1, -0.05) is 50.1 Å². The molecular weight excluding hydrogens is 438 g/mol. The van der Waals surface area contributed by atoms with Gasteiger partial charge >= 0.3 is 0 Å². The van der Waals surface area contributed by atoms with E-state index in [1.54, 1.807) is 42.5 Å². The van der Waals surface area contributed by atoms with Gasteiger partial charge in [0.1, 0.15) is 6.04 Å². The predicted octanol–water partition coefficient (Wildman–Crippen LogP) is 2.91. The fourth-order valence-electron chi connectivity index (χ4n) is 2.18. The van der Waals surface area contributed by atoms with Gasteiger partial charge in [0.15, 0.2) is 0 Å². The monoisotopic (exact) mass is 449 g/mol. The lowest BCUT2D eigenvalue weighted by atomic mass is 10.00. The summed E-state index contributed by atoms with van der Waals surface area (Å²) >= 11 is 6.62. The molecule has 0 bridgehead atoms. The van der Waals surface area contributed by atoms with Gasteiger partial charge in [0.05, 0.1) is 11.6 Å². The molecule has 122 valence electrons.